The van der Waals surface area contributed by atoms with Crippen LogP contribution in [0.5, 0.6) is 0 Å². The number of hydrogen-bond donors (Lipinski definition) is 0. The average molecular weight is 263 g/mol. The summed E-state index contributed by atoms with van der Waals surface area (Å²) < 4.78 is 5.45. The van der Waals surface area contributed by atoms with Gasteiger partial charge in [-0.2, -0.15) is 0 Å². The molecule has 2 nitrogen and oxygen atoms in total. The van der Waals surface area contributed by atoms with Gasteiger partial charge in [0.15, 0.2) is 0 Å². The first-order chi connectivity index (χ1) is 8.68. The fourth-order valence-corrected chi connectivity index (χ4v) is 5.00. The second-order valence-electron chi connectivity index (χ2n) is 5.76. The Morgan fingerprint density at radius 2 is 1.83 bits per heavy atom. The van der Waals surface area contributed by atoms with E-state index in [0.717, 1.165) is 6.42 Å². The van der Waals surface area contributed by atoms with Gasteiger partial charge in [-0.1, -0.05) is 24.3 Å². The van der Waals surface area contributed by atoms with Crippen molar-refractivity contribution in [3.8, 4) is 0 Å². The molecule has 2 saturated carbocycles. The van der Waals surface area contributed by atoms with Crippen LogP contribution in [0.1, 0.15) is 36.3 Å². The molecule has 0 unspecified atom stereocenters. The highest BCUT2D eigenvalue weighted by Gasteiger charge is 2.64. The molecule has 0 spiro atoms. The van der Waals surface area contributed by atoms with Crippen molar-refractivity contribution < 1.29 is 9.53 Å². The van der Waals surface area contributed by atoms with Crippen LogP contribution >= 0.6 is 11.6 Å². The van der Waals surface area contributed by atoms with Gasteiger partial charge in [0.1, 0.15) is 6.10 Å². The van der Waals surface area contributed by atoms with E-state index in [-0.39, 0.29) is 17.5 Å². The number of alkyl halides is 1. The van der Waals surface area contributed by atoms with Crippen molar-refractivity contribution in [1.29, 1.82) is 0 Å². The molecule has 0 aromatic heterocycles. The Morgan fingerprint density at radius 3 is 2.44 bits per heavy atom. The summed E-state index contributed by atoms with van der Waals surface area (Å²) in [6, 6.07) is 8.64. The van der Waals surface area contributed by atoms with E-state index in [1.807, 2.05) is 0 Å². The van der Waals surface area contributed by atoms with E-state index in [1.165, 1.54) is 18.1 Å². The topological polar surface area (TPSA) is 26.3 Å². The summed E-state index contributed by atoms with van der Waals surface area (Å²) in [6.07, 6.45) is 1.03. The molecular weight excluding hydrogens is 248 g/mol. The van der Waals surface area contributed by atoms with Gasteiger partial charge in [0.2, 0.25) is 0 Å². The van der Waals surface area contributed by atoms with Crippen LogP contribution in [0.3, 0.4) is 0 Å². The van der Waals surface area contributed by atoms with Crippen molar-refractivity contribution in [2.45, 2.75) is 36.7 Å². The van der Waals surface area contributed by atoms with Gasteiger partial charge in [-0.3, -0.25) is 4.79 Å². The molecule has 94 valence electrons. The number of esters is 1. The minimum atomic E-state index is -0.206. The standard InChI is InChI=1S/C15H15ClO2/c1-7(17)18-15-11-6-10(14(15)16)12-8-4-2-3-5-9(8)13(11)12/h2-5,10-15H,6H2,1H3/t10-,11+,12-,13+,14-,15+/m1/s1. The van der Waals surface area contributed by atoms with E-state index in [1.54, 1.807) is 0 Å². The lowest BCUT2D eigenvalue weighted by molar-refractivity contribution is -0.149. The van der Waals surface area contributed by atoms with Crippen LogP contribution in [0.2, 0.25) is 0 Å². The Hall–Kier alpha value is -1.02. The third-order valence-electron chi connectivity index (χ3n) is 5.01. The highest BCUT2D eigenvalue weighted by Crippen LogP contribution is 2.68. The summed E-state index contributed by atoms with van der Waals surface area (Å²) in [5, 5.41) is -0.00601. The summed E-state index contributed by atoms with van der Waals surface area (Å²) in [7, 11) is 0. The van der Waals surface area contributed by atoms with E-state index in [0.29, 0.717) is 23.7 Å². The molecule has 0 amide bonds. The zero-order chi connectivity index (χ0) is 12.4. The molecule has 0 aliphatic heterocycles. The SMILES string of the molecule is CC(=O)O[C@@H]1[C@H](Cl)[C@@H]2C[C@H]1[C@@H]1c3ccccc3[C@H]21. The fraction of sp³-hybridized carbons (Fsp3) is 0.533. The number of benzene rings is 1. The third-order valence-corrected chi connectivity index (χ3v) is 5.59. The third kappa shape index (κ3) is 1.17. The zero-order valence-corrected chi connectivity index (χ0v) is 10.9. The van der Waals surface area contributed by atoms with E-state index < -0.39 is 0 Å². The van der Waals surface area contributed by atoms with E-state index in [9.17, 15) is 4.79 Å². The predicted molar refractivity (Wildman–Crippen MR) is 68.7 cm³/mol. The van der Waals surface area contributed by atoms with Crippen molar-refractivity contribution in [2.24, 2.45) is 11.8 Å². The minimum Gasteiger partial charge on any atom is -0.461 e. The van der Waals surface area contributed by atoms with Crippen molar-refractivity contribution >= 4 is 17.6 Å². The van der Waals surface area contributed by atoms with Crippen LogP contribution < -0.4 is 0 Å². The summed E-state index contributed by atoms with van der Waals surface area (Å²) in [5.41, 5.74) is 2.93. The van der Waals surface area contributed by atoms with Crippen molar-refractivity contribution in [1.82, 2.24) is 0 Å². The molecule has 3 aliphatic rings. The molecule has 2 bridgehead atoms. The number of carbonyl (C=O) groups excluding carboxylic acids is 1. The first-order valence-corrected chi connectivity index (χ1v) is 7.02. The second kappa shape index (κ2) is 3.51. The monoisotopic (exact) mass is 262 g/mol. The van der Waals surface area contributed by atoms with Gasteiger partial charge in [-0.25, -0.2) is 0 Å². The normalized spacial score (nSPS) is 43.0. The molecule has 1 aromatic rings. The van der Waals surface area contributed by atoms with Gasteiger partial charge in [0.05, 0.1) is 5.38 Å². The number of ether oxygens (including phenoxy) is 1. The first kappa shape index (κ1) is 10.9. The summed E-state index contributed by atoms with van der Waals surface area (Å²) in [4.78, 5) is 11.2. The first-order valence-electron chi connectivity index (χ1n) is 6.58. The number of hydrogen-bond acceptors (Lipinski definition) is 2. The molecule has 6 atom stereocenters. The Balaban J connectivity index is 1.70. The average Bonchev–Trinajstić information content (AvgIpc) is 2.79. The molecule has 0 N–H and O–H groups in total. The summed E-state index contributed by atoms with van der Waals surface area (Å²) >= 11 is 6.50. The number of rotatable bonds is 1. The van der Waals surface area contributed by atoms with Crippen LogP contribution in [0.25, 0.3) is 0 Å². The van der Waals surface area contributed by atoms with Crippen LogP contribution in [0, 0.1) is 11.8 Å². The Morgan fingerprint density at radius 1 is 1.22 bits per heavy atom. The Kier molecular flexibility index (Phi) is 2.12. The molecule has 2 fully saturated rings. The molecule has 0 saturated heterocycles. The van der Waals surface area contributed by atoms with Crippen LogP contribution in [0.4, 0.5) is 0 Å². The lowest BCUT2D eigenvalue weighted by atomic mass is 9.61. The lowest BCUT2D eigenvalue weighted by Crippen LogP contribution is -2.44. The minimum absolute atomic E-state index is 0.00601. The molecular formula is C15H15ClO2. The van der Waals surface area contributed by atoms with Crippen molar-refractivity contribution in [2.75, 3.05) is 0 Å². The maximum Gasteiger partial charge on any atom is 0.302 e. The Labute approximate surface area is 111 Å². The van der Waals surface area contributed by atoms with Crippen LogP contribution in [0.15, 0.2) is 24.3 Å². The molecule has 0 heterocycles. The van der Waals surface area contributed by atoms with Gasteiger partial charge in [0.25, 0.3) is 0 Å². The number of halogens is 1. The number of carbonyl (C=O) groups is 1. The van der Waals surface area contributed by atoms with Gasteiger partial charge in [0, 0.05) is 12.8 Å². The van der Waals surface area contributed by atoms with Gasteiger partial charge < -0.3 is 4.74 Å². The zero-order valence-electron chi connectivity index (χ0n) is 10.2. The molecule has 1 aromatic carbocycles. The smallest absolute Gasteiger partial charge is 0.302 e. The summed E-state index contributed by atoms with van der Waals surface area (Å²) in [6.45, 7) is 1.47. The molecule has 18 heavy (non-hydrogen) atoms. The number of fused-ring (bicyclic) bond motifs is 8. The van der Waals surface area contributed by atoms with Crippen LogP contribution in [-0.4, -0.2) is 17.5 Å². The summed E-state index contributed by atoms with van der Waals surface area (Å²) in [5.74, 6) is 1.90. The highest BCUT2D eigenvalue weighted by atomic mass is 35.5. The quantitative estimate of drug-likeness (QED) is 0.574. The fourth-order valence-electron chi connectivity index (χ4n) is 4.50. The molecule has 3 aliphatic carbocycles. The van der Waals surface area contributed by atoms with E-state index >= 15 is 0 Å². The second-order valence-corrected chi connectivity index (χ2v) is 6.27. The van der Waals surface area contributed by atoms with Crippen molar-refractivity contribution in [3.05, 3.63) is 35.4 Å². The van der Waals surface area contributed by atoms with E-state index in [2.05, 4.69) is 24.3 Å². The highest BCUT2D eigenvalue weighted by molar-refractivity contribution is 6.21. The van der Waals surface area contributed by atoms with Crippen LogP contribution in [-0.2, 0) is 9.53 Å². The molecule has 4 rings (SSSR count). The van der Waals surface area contributed by atoms with Crippen molar-refractivity contribution in [3.63, 3.8) is 0 Å². The Bertz CT molecular complexity index is 527. The predicted octanol–water partition coefficient (Wildman–Crippen LogP) is 3.06. The van der Waals surface area contributed by atoms with E-state index in [4.69, 9.17) is 16.3 Å². The van der Waals surface area contributed by atoms with Gasteiger partial charge >= 0.3 is 5.97 Å². The maximum atomic E-state index is 11.2. The van der Waals surface area contributed by atoms with Gasteiger partial charge in [-0.15, -0.1) is 11.6 Å². The molecule has 3 heteroatoms. The molecule has 0 radical (unpaired) electrons. The largest absolute Gasteiger partial charge is 0.461 e. The van der Waals surface area contributed by atoms with Gasteiger partial charge in [-0.05, 0) is 35.3 Å². The lowest BCUT2D eigenvalue weighted by Gasteiger charge is -2.46. The maximum absolute atomic E-state index is 11.2.